The zero-order chi connectivity index (χ0) is 39.2. The Hall–Kier alpha value is -2.34. The van der Waals surface area contributed by atoms with E-state index in [1.165, 1.54) is 0 Å². The number of carbonyl (C=O) groups is 4. The number of esters is 3. The lowest BCUT2D eigenvalue weighted by Crippen LogP contribution is -2.69. The number of ether oxygens (including phenoxy) is 7. The van der Waals surface area contributed by atoms with Gasteiger partial charge in [-0.05, 0) is 94.5 Å². The topological polar surface area (TPSA) is 136 Å². The molecule has 0 aromatic heterocycles. The van der Waals surface area contributed by atoms with Gasteiger partial charge in [0.25, 0.3) is 0 Å². The van der Waals surface area contributed by atoms with Gasteiger partial charge in [-0.2, -0.15) is 0 Å². The van der Waals surface area contributed by atoms with Crippen LogP contribution >= 0.6 is 0 Å². The van der Waals surface area contributed by atoms with Crippen LogP contribution in [0.25, 0.3) is 0 Å². The van der Waals surface area contributed by atoms with Gasteiger partial charge >= 0.3 is 17.9 Å². The van der Waals surface area contributed by atoms with Crippen LogP contribution in [0.4, 0.5) is 0 Å². The summed E-state index contributed by atoms with van der Waals surface area (Å²) in [6.07, 6.45) is 3.52. The molecule has 11 nitrogen and oxygen atoms in total. The van der Waals surface area contributed by atoms with E-state index in [4.69, 9.17) is 33.2 Å². The number of rotatable bonds is 17. The number of Topliss-reactive ketones (excluding diaryl/α,β-unsaturated/α-hetero) is 1. The Morgan fingerprint density at radius 3 is 2.02 bits per heavy atom. The summed E-state index contributed by atoms with van der Waals surface area (Å²) in [4.78, 5) is 52.7. The Bertz CT molecular complexity index is 1430. The van der Waals surface area contributed by atoms with Crippen LogP contribution in [0.15, 0.2) is 12.2 Å². The number of carbonyl (C=O) groups excluding carboxylic acids is 4. The fourth-order valence-corrected chi connectivity index (χ4v) is 12.3. The molecule has 0 aromatic carbocycles. The Kier molecular flexibility index (Phi) is 12.1. The molecule has 5 fully saturated rings. The van der Waals surface area contributed by atoms with Crippen molar-refractivity contribution in [1.29, 1.82) is 0 Å². The highest BCUT2D eigenvalue weighted by molar-refractivity contribution is 5.85. The van der Waals surface area contributed by atoms with E-state index in [2.05, 4.69) is 48.1 Å². The highest BCUT2D eigenvalue weighted by Crippen LogP contribution is 2.84. The summed E-state index contributed by atoms with van der Waals surface area (Å²) in [7, 11) is 0. The quantitative estimate of drug-likeness (QED) is 0.0692. The monoisotopic (exact) mass is 746 g/mol. The number of fused-ring (bicyclic) bond motifs is 4. The Morgan fingerprint density at radius 2 is 1.43 bits per heavy atom. The smallest absolute Gasteiger partial charge is 0.332 e. The second-order valence-corrected chi connectivity index (χ2v) is 17.9. The molecular weight excluding hydrogens is 680 g/mol. The molecule has 0 bridgehead atoms. The van der Waals surface area contributed by atoms with Gasteiger partial charge in [-0.15, -0.1) is 0 Å². The number of hydrogen-bond acceptors (Lipinski definition) is 11. The number of hydrogen-bond donors (Lipinski definition) is 0. The molecule has 0 radical (unpaired) electrons. The minimum Gasteiger partial charge on any atom is -0.460 e. The predicted molar refractivity (Wildman–Crippen MR) is 197 cm³/mol. The maximum absolute atomic E-state index is 13.5. The highest BCUT2D eigenvalue weighted by atomic mass is 16.6. The summed E-state index contributed by atoms with van der Waals surface area (Å²) in [5.41, 5.74) is -1.86. The molecule has 4 aliphatic carbocycles. The van der Waals surface area contributed by atoms with Gasteiger partial charge in [0.15, 0.2) is 6.10 Å². The molecule has 1 heterocycles. The standard InChI is InChI=1S/C42H66O11/c1-12-47-23-32(44)50-28(35(26(4)5)52-34(46)25-49-14-3)21-27(6)41-20-19-40(11)39(10)18-15-30-37(7,8)31(43)16-17-38(30,9)36(39)29(22-42(40,41)53-41)51-33(45)24-48-13-2/h27-30,35-36H,4,12-25H2,1-3,5-11H3/t27-,28+,29+,30+,35+,36+,38+,39+,40-,41-,42-/m1/s1. The Labute approximate surface area is 316 Å². The van der Waals surface area contributed by atoms with Gasteiger partial charge in [-0.25, -0.2) is 14.4 Å². The summed E-state index contributed by atoms with van der Waals surface area (Å²) in [5, 5.41) is 0. The lowest BCUT2D eigenvalue weighted by molar-refractivity contribution is -0.249. The molecule has 11 atom stereocenters. The summed E-state index contributed by atoms with van der Waals surface area (Å²) in [6.45, 7) is 25.3. The summed E-state index contributed by atoms with van der Waals surface area (Å²) < 4.78 is 41.8. The average Bonchev–Trinajstić information content (AvgIpc) is 3.68. The van der Waals surface area contributed by atoms with Crippen molar-refractivity contribution < 1.29 is 52.3 Å². The average molecular weight is 747 g/mol. The van der Waals surface area contributed by atoms with Crippen molar-refractivity contribution in [2.75, 3.05) is 39.6 Å². The first-order valence-electron chi connectivity index (χ1n) is 20.0. The fraction of sp³-hybridized carbons (Fsp3) is 0.857. The zero-order valence-electron chi connectivity index (χ0n) is 34.1. The molecule has 53 heavy (non-hydrogen) atoms. The van der Waals surface area contributed by atoms with E-state index < -0.39 is 46.9 Å². The van der Waals surface area contributed by atoms with Crippen molar-refractivity contribution in [1.82, 2.24) is 0 Å². The first-order chi connectivity index (χ1) is 24.8. The van der Waals surface area contributed by atoms with Gasteiger partial charge in [0.2, 0.25) is 0 Å². The second kappa shape index (κ2) is 15.3. The van der Waals surface area contributed by atoms with Crippen LogP contribution in [-0.2, 0) is 52.3 Å². The van der Waals surface area contributed by atoms with Crippen LogP contribution in [0.5, 0.6) is 0 Å². The molecule has 300 valence electrons. The van der Waals surface area contributed by atoms with Crippen molar-refractivity contribution >= 4 is 23.7 Å². The van der Waals surface area contributed by atoms with Crippen LogP contribution in [0.2, 0.25) is 0 Å². The van der Waals surface area contributed by atoms with Gasteiger partial charge < -0.3 is 33.2 Å². The van der Waals surface area contributed by atoms with Gasteiger partial charge in [-0.3, -0.25) is 4.79 Å². The van der Waals surface area contributed by atoms with Gasteiger partial charge in [-0.1, -0.05) is 48.1 Å². The van der Waals surface area contributed by atoms with Crippen LogP contribution < -0.4 is 0 Å². The normalized spacial score (nSPS) is 38.2. The van der Waals surface area contributed by atoms with Crippen LogP contribution in [0.3, 0.4) is 0 Å². The first kappa shape index (κ1) is 41.8. The van der Waals surface area contributed by atoms with E-state index in [9.17, 15) is 19.2 Å². The molecule has 5 rings (SSSR count). The predicted octanol–water partition coefficient (Wildman–Crippen LogP) is 6.57. The van der Waals surface area contributed by atoms with Gasteiger partial charge in [0, 0.05) is 49.4 Å². The SMILES string of the molecule is C=C(C)[C@H](OC(=O)COCC)[C@H](C[C@@H](C)[C@]12CC[C@@]3(C)[C@@]1(C[C@H](OC(=O)COCC)[C@H]1[C@@]4(C)CCC(=O)C(C)(C)[C@@H]4CC[C@@]13C)O2)OC(=O)COCC. The molecule has 1 spiro atoms. The fourth-order valence-electron chi connectivity index (χ4n) is 12.3. The van der Waals surface area contributed by atoms with E-state index in [0.717, 1.165) is 32.1 Å². The van der Waals surface area contributed by atoms with Gasteiger partial charge in [0.1, 0.15) is 49.0 Å². The molecule has 0 aromatic rings. The third-order valence-corrected chi connectivity index (χ3v) is 14.9. The van der Waals surface area contributed by atoms with Crippen molar-refractivity contribution in [3.05, 3.63) is 12.2 Å². The molecule has 1 aliphatic heterocycles. The molecule has 1 saturated heterocycles. The van der Waals surface area contributed by atoms with Crippen molar-refractivity contribution in [2.45, 2.75) is 150 Å². The molecular formula is C42H66O11. The maximum atomic E-state index is 13.5. The highest BCUT2D eigenvalue weighted by Gasteiger charge is 2.89. The van der Waals surface area contributed by atoms with E-state index in [0.29, 0.717) is 50.4 Å². The van der Waals surface area contributed by atoms with Crippen molar-refractivity contribution in [3.8, 4) is 0 Å². The molecule has 0 N–H and O–H groups in total. The van der Waals surface area contributed by atoms with Crippen molar-refractivity contribution in [2.24, 2.45) is 39.4 Å². The van der Waals surface area contributed by atoms with E-state index in [-0.39, 0.29) is 59.8 Å². The zero-order valence-corrected chi connectivity index (χ0v) is 34.1. The first-order valence-corrected chi connectivity index (χ1v) is 20.0. The van der Waals surface area contributed by atoms with E-state index in [1.807, 2.05) is 6.92 Å². The number of ketones is 1. The Morgan fingerprint density at radius 1 is 0.849 bits per heavy atom. The molecule has 5 aliphatic rings. The van der Waals surface area contributed by atoms with Gasteiger partial charge in [0.05, 0.1) is 0 Å². The minimum atomic E-state index is -0.900. The molecule has 0 unspecified atom stereocenters. The van der Waals surface area contributed by atoms with E-state index in [1.54, 1.807) is 20.8 Å². The van der Waals surface area contributed by atoms with E-state index >= 15 is 0 Å². The largest absolute Gasteiger partial charge is 0.460 e. The maximum Gasteiger partial charge on any atom is 0.332 e. The summed E-state index contributed by atoms with van der Waals surface area (Å²) in [6, 6.07) is 0. The lowest BCUT2D eigenvalue weighted by atomic mass is 9.34. The minimum absolute atomic E-state index is 0.0162. The molecule has 11 heteroatoms. The third-order valence-electron chi connectivity index (χ3n) is 14.9. The van der Waals surface area contributed by atoms with Crippen LogP contribution in [0, 0.1) is 39.4 Å². The lowest BCUT2D eigenvalue weighted by Gasteiger charge is -2.69. The van der Waals surface area contributed by atoms with Crippen LogP contribution in [0.1, 0.15) is 121 Å². The Balaban J connectivity index is 1.50. The molecule has 0 amide bonds. The number of epoxide rings is 1. The molecule has 4 saturated carbocycles. The van der Waals surface area contributed by atoms with Crippen molar-refractivity contribution in [3.63, 3.8) is 0 Å². The summed E-state index contributed by atoms with van der Waals surface area (Å²) in [5.74, 6) is -1.13. The summed E-state index contributed by atoms with van der Waals surface area (Å²) >= 11 is 0. The third kappa shape index (κ3) is 6.81. The second-order valence-electron chi connectivity index (χ2n) is 17.9. The van der Waals surface area contributed by atoms with Crippen LogP contribution in [-0.4, -0.2) is 92.8 Å².